The number of allylic oxidation sites excluding steroid dienone is 1. The highest BCUT2D eigenvalue weighted by molar-refractivity contribution is 5.90. The zero-order chi connectivity index (χ0) is 20.6. The molecular formula is C24H31NO3. The van der Waals surface area contributed by atoms with Gasteiger partial charge < -0.3 is 15.2 Å². The minimum absolute atomic E-state index is 0.0882. The molecule has 2 rings (SSSR count). The van der Waals surface area contributed by atoms with Gasteiger partial charge in [0.25, 0.3) is 0 Å². The van der Waals surface area contributed by atoms with Gasteiger partial charge in [0, 0.05) is 18.2 Å². The van der Waals surface area contributed by atoms with Gasteiger partial charge in [-0.05, 0) is 55.9 Å². The van der Waals surface area contributed by atoms with E-state index in [9.17, 15) is 9.90 Å². The third-order valence-electron chi connectivity index (χ3n) is 4.94. The second-order valence-electron chi connectivity index (χ2n) is 7.74. The molecular weight excluding hydrogens is 350 g/mol. The molecule has 0 fully saturated rings. The van der Waals surface area contributed by atoms with E-state index in [1.807, 2.05) is 49.4 Å². The summed E-state index contributed by atoms with van der Waals surface area (Å²) in [7, 11) is 1.38. The van der Waals surface area contributed by atoms with Crippen LogP contribution in [-0.2, 0) is 16.0 Å². The number of hydrogen-bond donors (Lipinski definition) is 2. The first kappa shape index (κ1) is 21.9. The van der Waals surface area contributed by atoms with Gasteiger partial charge in [-0.15, -0.1) is 0 Å². The maximum absolute atomic E-state index is 11.4. The molecule has 28 heavy (non-hydrogen) atoms. The number of β-amino-alcohol motifs (C(OH)–C–C–N with tert-alkyl or cyclic N) is 1. The average molecular weight is 382 g/mol. The lowest BCUT2D eigenvalue weighted by atomic mass is 9.94. The van der Waals surface area contributed by atoms with Crippen LogP contribution in [0.4, 0.5) is 0 Å². The fourth-order valence-corrected chi connectivity index (χ4v) is 2.96. The molecule has 4 heteroatoms. The number of aryl methyl sites for hydroxylation is 1. The lowest BCUT2D eigenvalue weighted by Gasteiger charge is -2.28. The summed E-state index contributed by atoms with van der Waals surface area (Å²) >= 11 is 0. The summed E-state index contributed by atoms with van der Waals surface area (Å²) < 4.78 is 4.67. The molecule has 150 valence electrons. The summed E-state index contributed by atoms with van der Waals surface area (Å²) in [5, 5.41) is 13.8. The van der Waals surface area contributed by atoms with Crippen molar-refractivity contribution in [3.8, 4) is 0 Å². The molecule has 0 bridgehead atoms. The lowest BCUT2D eigenvalue weighted by Crippen LogP contribution is -2.41. The van der Waals surface area contributed by atoms with E-state index < -0.39 is 6.10 Å². The Morgan fingerprint density at radius 1 is 1.14 bits per heavy atom. The molecule has 0 spiro atoms. The summed E-state index contributed by atoms with van der Waals surface area (Å²) in [5.41, 5.74) is 3.98. The number of aliphatic hydroxyl groups is 1. The van der Waals surface area contributed by atoms with Gasteiger partial charge >= 0.3 is 5.97 Å². The van der Waals surface area contributed by atoms with Crippen molar-refractivity contribution in [3.63, 3.8) is 0 Å². The van der Waals surface area contributed by atoms with E-state index in [4.69, 9.17) is 0 Å². The molecule has 0 saturated heterocycles. The third kappa shape index (κ3) is 6.95. The zero-order valence-electron chi connectivity index (χ0n) is 17.2. The molecule has 2 aromatic rings. The molecule has 0 aliphatic carbocycles. The average Bonchev–Trinajstić information content (AvgIpc) is 2.71. The first-order chi connectivity index (χ1) is 13.3. The Bertz CT molecular complexity index is 779. The van der Waals surface area contributed by atoms with Crippen LogP contribution in [0.15, 0.2) is 60.7 Å². The highest BCUT2D eigenvalue weighted by Gasteiger charge is 2.19. The number of benzene rings is 2. The summed E-state index contributed by atoms with van der Waals surface area (Å²) in [6.07, 6.45) is 2.87. The number of hydrogen-bond acceptors (Lipinski definition) is 4. The van der Waals surface area contributed by atoms with Gasteiger partial charge in [-0.2, -0.15) is 0 Å². The van der Waals surface area contributed by atoms with Crippen molar-refractivity contribution < 1.29 is 14.6 Å². The standard InChI is InChI=1S/C24H31NO3/c1-18(16-23(27)28-4)20-12-10-19(11-13-20)14-15-24(2,3)25-17-22(26)21-8-6-5-7-9-21/h5-13,16,22,25-26H,14-15,17H2,1-4H3. The van der Waals surface area contributed by atoms with Crippen molar-refractivity contribution in [1.29, 1.82) is 0 Å². The van der Waals surface area contributed by atoms with Crippen molar-refractivity contribution in [2.24, 2.45) is 0 Å². The summed E-state index contributed by atoms with van der Waals surface area (Å²) in [6.45, 7) is 6.73. The monoisotopic (exact) mass is 381 g/mol. The van der Waals surface area contributed by atoms with Crippen molar-refractivity contribution in [1.82, 2.24) is 5.32 Å². The number of nitrogens with one attached hydrogen (secondary N) is 1. The van der Waals surface area contributed by atoms with Crippen LogP contribution in [-0.4, -0.2) is 30.3 Å². The molecule has 0 aliphatic rings. The first-order valence-electron chi connectivity index (χ1n) is 9.64. The van der Waals surface area contributed by atoms with Crippen molar-refractivity contribution in [2.45, 2.75) is 45.3 Å². The summed E-state index contributed by atoms with van der Waals surface area (Å²) in [5.74, 6) is -0.341. The molecule has 1 atom stereocenters. The van der Waals surface area contributed by atoms with Gasteiger partial charge in [0.2, 0.25) is 0 Å². The van der Waals surface area contributed by atoms with Crippen molar-refractivity contribution in [3.05, 3.63) is 77.4 Å². The van der Waals surface area contributed by atoms with E-state index in [1.165, 1.54) is 18.7 Å². The number of methoxy groups -OCH3 is 1. The minimum Gasteiger partial charge on any atom is -0.466 e. The summed E-state index contributed by atoms with van der Waals surface area (Å²) in [6, 6.07) is 18.0. The van der Waals surface area contributed by atoms with Crippen LogP contribution in [0.1, 0.15) is 50.0 Å². The molecule has 2 aromatic carbocycles. The topological polar surface area (TPSA) is 58.6 Å². The number of carbonyl (C=O) groups excluding carboxylic acids is 1. The Morgan fingerprint density at radius 2 is 1.79 bits per heavy atom. The smallest absolute Gasteiger partial charge is 0.330 e. The van der Waals surface area contributed by atoms with Gasteiger partial charge in [0.05, 0.1) is 13.2 Å². The SMILES string of the molecule is COC(=O)C=C(C)c1ccc(CCC(C)(C)NCC(O)c2ccccc2)cc1. The molecule has 0 aromatic heterocycles. The first-order valence-corrected chi connectivity index (χ1v) is 9.64. The number of carbonyl (C=O) groups is 1. The van der Waals surface area contributed by atoms with Crippen LogP contribution >= 0.6 is 0 Å². The highest BCUT2D eigenvalue weighted by atomic mass is 16.5. The molecule has 0 aliphatic heterocycles. The predicted octanol–water partition coefficient (Wildman–Crippen LogP) is 4.30. The van der Waals surface area contributed by atoms with E-state index in [0.29, 0.717) is 6.54 Å². The second kappa shape index (κ2) is 10.2. The molecule has 4 nitrogen and oxygen atoms in total. The largest absolute Gasteiger partial charge is 0.466 e. The number of rotatable bonds is 9. The zero-order valence-corrected chi connectivity index (χ0v) is 17.2. The van der Waals surface area contributed by atoms with Crippen LogP contribution in [0.25, 0.3) is 5.57 Å². The Balaban J connectivity index is 1.86. The van der Waals surface area contributed by atoms with E-state index in [-0.39, 0.29) is 11.5 Å². The Morgan fingerprint density at radius 3 is 2.39 bits per heavy atom. The molecule has 1 unspecified atom stereocenters. The Hall–Kier alpha value is -2.43. The number of ether oxygens (including phenoxy) is 1. The Kier molecular flexibility index (Phi) is 7.97. The van der Waals surface area contributed by atoms with Gasteiger partial charge in [0.15, 0.2) is 0 Å². The van der Waals surface area contributed by atoms with Gasteiger partial charge in [-0.3, -0.25) is 0 Å². The second-order valence-corrected chi connectivity index (χ2v) is 7.74. The van der Waals surface area contributed by atoms with Crippen molar-refractivity contribution in [2.75, 3.05) is 13.7 Å². The normalized spacial score (nSPS) is 13.2. The van der Waals surface area contributed by atoms with E-state index >= 15 is 0 Å². The molecule has 0 amide bonds. The van der Waals surface area contributed by atoms with Crippen LogP contribution in [0.3, 0.4) is 0 Å². The number of aliphatic hydroxyl groups excluding tert-OH is 1. The van der Waals surface area contributed by atoms with Gasteiger partial charge in [0.1, 0.15) is 0 Å². The molecule has 2 N–H and O–H groups in total. The lowest BCUT2D eigenvalue weighted by molar-refractivity contribution is -0.134. The third-order valence-corrected chi connectivity index (χ3v) is 4.94. The van der Waals surface area contributed by atoms with Crippen LogP contribution in [0.2, 0.25) is 0 Å². The molecule has 0 radical (unpaired) electrons. The number of esters is 1. The maximum atomic E-state index is 11.4. The van der Waals surface area contributed by atoms with Crippen LogP contribution in [0.5, 0.6) is 0 Å². The minimum atomic E-state index is -0.510. The van der Waals surface area contributed by atoms with Crippen LogP contribution in [0, 0.1) is 0 Å². The van der Waals surface area contributed by atoms with E-state index in [1.54, 1.807) is 0 Å². The quantitative estimate of drug-likeness (QED) is 0.502. The Labute approximate surface area is 168 Å². The maximum Gasteiger partial charge on any atom is 0.330 e. The van der Waals surface area contributed by atoms with Gasteiger partial charge in [-0.1, -0.05) is 54.6 Å². The molecule has 0 saturated carbocycles. The van der Waals surface area contributed by atoms with Crippen LogP contribution < -0.4 is 5.32 Å². The predicted molar refractivity (Wildman–Crippen MR) is 114 cm³/mol. The fraction of sp³-hybridized carbons (Fsp3) is 0.375. The van der Waals surface area contributed by atoms with Crippen molar-refractivity contribution >= 4 is 11.5 Å². The van der Waals surface area contributed by atoms with E-state index in [2.05, 4.69) is 36.0 Å². The summed E-state index contributed by atoms with van der Waals surface area (Å²) in [4.78, 5) is 11.4. The molecule has 0 heterocycles. The van der Waals surface area contributed by atoms with Gasteiger partial charge in [-0.25, -0.2) is 4.79 Å². The fourth-order valence-electron chi connectivity index (χ4n) is 2.96. The highest BCUT2D eigenvalue weighted by Crippen LogP contribution is 2.19. The van der Waals surface area contributed by atoms with E-state index in [0.717, 1.165) is 29.5 Å².